The summed E-state index contributed by atoms with van der Waals surface area (Å²) in [4.78, 5) is 4.78. The first kappa shape index (κ1) is 10.4. The number of hydrogen-bond acceptors (Lipinski definition) is 3. The third-order valence-electron chi connectivity index (χ3n) is 3.30. The predicted molar refractivity (Wildman–Crippen MR) is 68.0 cm³/mol. The second-order valence-corrected chi connectivity index (χ2v) is 5.72. The molecule has 0 bridgehead atoms. The molecule has 3 rings (SSSR count). The molecule has 1 aromatic rings. The molecule has 1 aliphatic carbocycles. The van der Waals surface area contributed by atoms with E-state index in [0.29, 0.717) is 11.3 Å². The molecule has 1 aromatic carbocycles. The molecule has 0 saturated heterocycles. The van der Waals surface area contributed by atoms with E-state index in [1.165, 1.54) is 5.56 Å². The molecular weight excluding hydrogens is 218 g/mol. The molecule has 0 amide bonds. The third kappa shape index (κ3) is 1.89. The fraction of sp³-hybridized carbons (Fsp3) is 0.462. The molecule has 3 heteroatoms. The summed E-state index contributed by atoms with van der Waals surface area (Å²) >= 11 is 1.84. The number of aliphatic hydroxyl groups is 1. The summed E-state index contributed by atoms with van der Waals surface area (Å²) in [6, 6.07) is 10.8. The number of thioether (sulfide) groups is 1. The Bertz CT molecular complexity index is 404. The Kier molecular flexibility index (Phi) is 2.74. The lowest BCUT2D eigenvalue weighted by atomic mass is 9.93. The van der Waals surface area contributed by atoms with Crippen molar-refractivity contribution in [2.24, 2.45) is 4.99 Å². The predicted octanol–water partition coefficient (Wildman–Crippen LogP) is 2.46. The fourth-order valence-electron chi connectivity index (χ4n) is 2.41. The highest BCUT2D eigenvalue weighted by molar-refractivity contribution is 8.15. The average molecular weight is 233 g/mol. The van der Waals surface area contributed by atoms with Crippen LogP contribution in [0.5, 0.6) is 0 Å². The molecule has 0 aromatic heterocycles. The number of nitrogens with zero attached hydrogens (tertiary/aromatic N) is 1. The van der Waals surface area contributed by atoms with Gasteiger partial charge in [0.2, 0.25) is 0 Å². The van der Waals surface area contributed by atoms with Gasteiger partial charge in [-0.1, -0.05) is 30.3 Å². The normalized spacial score (nSPS) is 33.3. The van der Waals surface area contributed by atoms with Crippen molar-refractivity contribution >= 4 is 16.8 Å². The molecule has 2 nitrogen and oxygen atoms in total. The van der Waals surface area contributed by atoms with Gasteiger partial charge in [-0.3, -0.25) is 4.99 Å². The first-order chi connectivity index (χ1) is 7.83. The number of rotatable bonds is 1. The lowest BCUT2D eigenvalue weighted by molar-refractivity contribution is 0.127. The van der Waals surface area contributed by atoms with Crippen molar-refractivity contribution in [3.63, 3.8) is 0 Å². The number of hydrogen-bond donors (Lipinski definition) is 1. The van der Waals surface area contributed by atoms with Gasteiger partial charge in [-0.15, -0.1) is 11.8 Å². The molecule has 16 heavy (non-hydrogen) atoms. The van der Waals surface area contributed by atoms with Crippen LogP contribution >= 0.6 is 11.8 Å². The zero-order valence-electron chi connectivity index (χ0n) is 9.04. The zero-order valence-corrected chi connectivity index (χ0v) is 9.86. The molecule has 0 radical (unpaired) electrons. The Hall–Kier alpha value is -0.800. The maximum absolute atomic E-state index is 9.65. The number of benzene rings is 1. The van der Waals surface area contributed by atoms with Crippen LogP contribution in [0.25, 0.3) is 0 Å². The number of aliphatic hydroxyl groups excluding tert-OH is 1. The maximum Gasteiger partial charge on any atom is 0.0984 e. The molecule has 84 valence electrons. The van der Waals surface area contributed by atoms with Crippen LogP contribution < -0.4 is 0 Å². The summed E-state index contributed by atoms with van der Waals surface area (Å²) in [6.07, 6.45) is 2.73. The first-order valence-corrected chi connectivity index (χ1v) is 6.69. The van der Waals surface area contributed by atoms with Gasteiger partial charge in [0.1, 0.15) is 0 Å². The van der Waals surface area contributed by atoms with Gasteiger partial charge in [0.25, 0.3) is 0 Å². The Morgan fingerprint density at radius 2 is 2.00 bits per heavy atom. The van der Waals surface area contributed by atoms with Gasteiger partial charge < -0.3 is 5.11 Å². The van der Waals surface area contributed by atoms with Crippen LogP contribution in [0.4, 0.5) is 0 Å². The molecule has 1 saturated carbocycles. The molecule has 3 atom stereocenters. The van der Waals surface area contributed by atoms with Gasteiger partial charge in [-0.05, 0) is 19.3 Å². The van der Waals surface area contributed by atoms with Crippen molar-refractivity contribution < 1.29 is 5.11 Å². The number of fused-ring (bicyclic) bond motifs is 1. The van der Waals surface area contributed by atoms with Crippen molar-refractivity contribution in [1.29, 1.82) is 0 Å². The zero-order chi connectivity index (χ0) is 11.0. The maximum atomic E-state index is 9.65. The minimum Gasteiger partial charge on any atom is -0.393 e. The van der Waals surface area contributed by atoms with E-state index in [9.17, 15) is 5.11 Å². The van der Waals surface area contributed by atoms with Crippen LogP contribution in [0.2, 0.25) is 0 Å². The molecule has 1 heterocycles. The standard InChI is InChI=1S/C13H15NOS/c15-10-6-7-11-12(8-10)16-13(14-11)9-4-2-1-3-5-9/h1-5,10-12,15H,6-8H2. The summed E-state index contributed by atoms with van der Waals surface area (Å²) in [5.74, 6) is 0. The Balaban J connectivity index is 1.80. The van der Waals surface area contributed by atoms with Crippen LogP contribution in [-0.4, -0.2) is 27.5 Å². The topological polar surface area (TPSA) is 32.6 Å². The van der Waals surface area contributed by atoms with E-state index in [2.05, 4.69) is 24.3 Å². The molecule has 1 aliphatic heterocycles. The summed E-state index contributed by atoms with van der Waals surface area (Å²) < 4.78 is 0. The molecule has 3 unspecified atom stereocenters. The van der Waals surface area contributed by atoms with E-state index < -0.39 is 0 Å². The van der Waals surface area contributed by atoms with Gasteiger partial charge in [0.05, 0.1) is 17.2 Å². The summed E-state index contributed by atoms with van der Waals surface area (Å²) in [5, 5.41) is 11.3. The fourth-order valence-corrected chi connectivity index (χ4v) is 3.84. The van der Waals surface area contributed by atoms with Crippen molar-refractivity contribution in [1.82, 2.24) is 0 Å². The summed E-state index contributed by atoms with van der Waals surface area (Å²) in [5.41, 5.74) is 1.22. The van der Waals surface area contributed by atoms with Gasteiger partial charge >= 0.3 is 0 Å². The first-order valence-electron chi connectivity index (χ1n) is 5.81. The van der Waals surface area contributed by atoms with Crippen molar-refractivity contribution in [2.45, 2.75) is 36.7 Å². The molecule has 2 aliphatic rings. The van der Waals surface area contributed by atoms with Crippen molar-refractivity contribution in [2.75, 3.05) is 0 Å². The van der Waals surface area contributed by atoms with Crippen LogP contribution in [0.15, 0.2) is 35.3 Å². The summed E-state index contributed by atoms with van der Waals surface area (Å²) in [7, 11) is 0. The van der Waals surface area contributed by atoms with E-state index in [0.717, 1.165) is 24.3 Å². The van der Waals surface area contributed by atoms with Crippen LogP contribution in [0.3, 0.4) is 0 Å². The van der Waals surface area contributed by atoms with Crippen LogP contribution in [0.1, 0.15) is 24.8 Å². The van der Waals surface area contributed by atoms with E-state index >= 15 is 0 Å². The van der Waals surface area contributed by atoms with Gasteiger partial charge in [-0.25, -0.2) is 0 Å². The monoisotopic (exact) mass is 233 g/mol. The van der Waals surface area contributed by atoms with Crippen molar-refractivity contribution in [3.05, 3.63) is 35.9 Å². The highest BCUT2D eigenvalue weighted by Gasteiger charge is 2.35. The lowest BCUT2D eigenvalue weighted by Gasteiger charge is -2.26. The molecule has 1 fully saturated rings. The van der Waals surface area contributed by atoms with E-state index in [1.807, 2.05) is 17.8 Å². The molecule has 0 spiro atoms. The lowest BCUT2D eigenvalue weighted by Crippen LogP contribution is -2.30. The third-order valence-corrected chi connectivity index (χ3v) is 4.67. The van der Waals surface area contributed by atoms with E-state index in [4.69, 9.17) is 4.99 Å². The van der Waals surface area contributed by atoms with E-state index in [-0.39, 0.29) is 6.10 Å². The minimum atomic E-state index is -0.112. The van der Waals surface area contributed by atoms with Gasteiger partial charge in [0.15, 0.2) is 0 Å². The Morgan fingerprint density at radius 1 is 1.19 bits per heavy atom. The van der Waals surface area contributed by atoms with Crippen LogP contribution in [0, 0.1) is 0 Å². The number of aliphatic imine (C=N–C) groups is 1. The molecular formula is C13H15NOS. The van der Waals surface area contributed by atoms with Crippen LogP contribution in [-0.2, 0) is 0 Å². The second kappa shape index (κ2) is 4.22. The minimum absolute atomic E-state index is 0.112. The highest BCUT2D eigenvalue weighted by atomic mass is 32.2. The summed E-state index contributed by atoms with van der Waals surface area (Å²) in [6.45, 7) is 0. The van der Waals surface area contributed by atoms with Gasteiger partial charge in [0, 0.05) is 10.8 Å². The van der Waals surface area contributed by atoms with E-state index in [1.54, 1.807) is 0 Å². The highest BCUT2D eigenvalue weighted by Crippen LogP contribution is 2.38. The smallest absolute Gasteiger partial charge is 0.0984 e. The largest absolute Gasteiger partial charge is 0.393 e. The Labute approximate surface area is 99.8 Å². The van der Waals surface area contributed by atoms with Gasteiger partial charge in [-0.2, -0.15) is 0 Å². The van der Waals surface area contributed by atoms with Crippen molar-refractivity contribution in [3.8, 4) is 0 Å². The molecule has 1 N–H and O–H groups in total. The Morgan fingerprint density at radius 3 is 2.81 bits per heavy atom. The second-order valence-electron chi connectivity index (χ2n) is 4.49. The SMILES string of the molecule is OC1CCC2N=C(c3ccccc3)SC2C1. The average Bonchev–Trinajstić information content (AvgIpc) is 2.73. The quantitative estimate of drug-likeness (QED) is 0.808.